The minimum Gasteiger partial charge on any atom is -0.463 e. The number of carbonyl (C=O) groups excluding carboxylic acids is 2. The first-order valence-corrected chi connectivity index (χ1v) is 10.4. The van der Waals surface area contributed by atoms with Gasteiger partial charge >= 0.3 is 5.97 Å². The van der Waals surface area contributed by atoms with Crippen molar-refractivity contribution >= 4 is 11.9 Å². The number of amides is 1. The van der Waals surface area contributed by atoms with Gasteiger partial charge in [-0.2, -0.15) is 0 Å². The summed E-state index contributed by atoms with van der Waals surface area (Å²) in [7, 11) is 0. The molecule has 0 radical (unpaired) electrons. The highest BCUT2D eigenvalue weighted by molar-refractivity contribution is 5.73. The lowest BCUT2D eigenvalue weighted by atomic mass is 10.0. The maximum Gasteiger partial charge on any atom is 0.302 e. The molecule has 0 fully saturated rings. The van der Waals surface area contributed by atoms with Crippen LogP contribution in [0.5, 0.6) is 0 Å². The van der Waals surface area contributed by atoms with Crippen molar-refractivity contribution in [3.63, 3.8) is 0 Å². The number of nitrogens with one attached hydrogen (secondary N) is 1. The van der Waals surface area contributed by atoms with Gasteiger partial charge < -0.3 is 19.5 Å². The molecular formula is C24H31NO7. The Hall–Kier alpha value is -2.78. The van der Waals surface area contributed by atoms with E-state index in [2.05, 4.69) is 10.2 Å². The zero-order valence-electron chi connectivity index (χ0n) is 18.6. The molecule has 2 unspecified atom stereocenters. The number of ether oxygens (including phenoxy) is 3. The van der Waals surface area contributed by atoms with Crippen molar-refractivity contribution in [1.29, 1.82) is 0 Å². The van der Waals surface area contributed by atoms with Gasteiger partial charge in [0, 0.05) is 13.8 Å². The van der Waals surface area contributed by atoms with Crippen LogP contribution in [-0.2, 0) is 41.9 Å². The zero-order chi connectivity index (χ0) is 23.3. The van der Waals surface area contributed by atoms with Crippen molar-refractivity contribution in [2.24, 2.45) is 0 Å². The topological polar surface area (TPSA) is 103 Å². The first-order valence-electron chi connectivity index (χ1n) is 10.4. The summed E-state index contributed by atoms with van der Waals surface area (Å²) in [6, 6.07) is 18.5. The van der Waals surface area contributed by atoms with Gasteiger partial charge in [-0.25, -0.2) is 4.89 Å². The van der Waals surface area contributed by atoms with Gasteiger partial charge in [0.1, 0.15) is 18.8 Å². The third-order valence-electron chi connectivity index (χ3n) is 4.77. The molecule has 8 heteroatoms. The zero-order valence-corrected chi connectivity index (χ0v) is 18.6. The first-order chi connectivity index (χ1) is 15.4. The monoisotopic (exact) mass is 445 g/mol. The Morgan fingerprint density at radius 2 is 1.38 bits per heavy atom. The number of benzene rings is 2. The van der Waals surface area contributed by atoms with Crippen LogP contribution in [0.3, 0.4) is 0 Å². The summed E-state index contributed by atoms with van der Waals surface area (Å²) in [6.45, 7) is 4.64. The molecule has 0 heterocycles. The van der Waals surface area contributed by atoms with Crippen LogP contribution in [0.15, 0.2) is 60.7 Å². The van der Waals surface area contributed by atoms with Gasteiger partial charge in [0.15, 0.2) is 6.10 Å². The van der Waals surface area contributed by atoms with Crippen molar-refractivity contribution < 1.29 is 33.9 Å². The number of hydrogen-bond acceptors (Lipinski definition) is 7. The van der Waals surface area contributed by atoms with E-state index in [1.165, 1.54) is 13.8 Å². The van der Waals surface area contributed by atoms with Gasteiger partial charge in [-0.15, -0.1) is 0 Å². The van der Waals surface area contributed by atoms with E-state index in [1.54, 1.807) is 6.92 Å². The highest BCUT2D eigenvalue weighted by Gasteiger charge is 2.37. The lowest BCUT2D eigenvalue weighted by molar-refractivity contribution is -0.318. The molecule has 0 saturated carbocycles. The second-order valence-electron chi connectivity index (χ2n) is 7.46. The van der Waals surface area contributed by atoms with Crippen molar-refractivity contribution in [2.75, 3.05) is 6.61 Å². The van der Waals surface area contributed by atoms with E-state index in [0.717, 1.165) is 11.1 Å². The van der Waals surface area contributed by atoms with Gasteiger partial charge in [-0.1, -0.05) is 60.7 Å². The van der Waals surface area contributed by atoms with E-state index in [1.807, 2.05) is 60.7 Å². The molecule has 2 aromatic rings. The van der Waals surface area contributed by atoms with E-state index < -0.39 is 30.3 Å². The van der Waals surface area contributed by atoms with Crippen molar-refractivity contribution in [2.45, 2.75) is 58.3 Å². The molecule has 2 rings (SSSR count). The van der Waals surface area contributed by atoms with Crippen molar-refractivity contribution in [1.82, 2.24) is 5.32 Å². The van der Waals surface area contributed by atoms with Crippen molar-refractivity contribution in [3.8, 4) is 0 Å². The third kappa shape index (κ3) is 8.76. The smallest absolute Gasteiger partial charge is 0.302 e. The van der Waals surface area contributed by atoms with E-state index in [-0.39, 0.29) is 25.7 Å². The Labute approximate surface area is 188 Å². The number of hydrogen-bond donors (Lipinski definition) is 2. The summed E-state index contributed by atoms with van der Waals surface area (Å²) >= 11 is 0. The van der Waals surface area contributed by atoms with E-state index >= 15 is 0 Å². The normalized spacial score (nSPS) is 14.8. The van der Waals surface area contributed by atoms with Crippen LogP contribution in [0.4, 0.5) is 0 Å². The highest BCUT2D eigenvalue weighted by Crippen LogP contribution is 2.20. The third-order valence-corrected chi connectivity index (χ3v) is 4.77. The summed E-state index contributed by atoms with van der Waals surface area (Å²) in [5.41, 5.74) is 1.83. The molecule has 174 valence electrons. The Bertz CT molecular complexity index is 816. The van der Waals surface area contributed by atoms with Gasteiger partial charge in [0.25, 0.3) is 0 Å². The predicted molar refractivity (Wildman–Crippen MR) is 117 cm³/mol. The Balaban J connectivity index is 2.27. The van der Waals surface area contributed by atoms with Crippen LogP contribution < -0.4 is 5.32 Å². The molecule has 32 heavy (non-hydrogen) atoms. The lowest BCUT2D eigenvalue weighted by Gasteiger charge is -2.35. The molecule has 2 N–H and O–H groups in total. The molecule has 2 aromatic carbocycles. The number of rotatable bonds is 13. The molecule has 0 aliphatic rings. The summed E-state index contributed by atoms with van der Waals surface area (Å²) in [6.07, 6.45) is -2.64. The van der Waals surface area contributed by atoms with E-state index in [9.17, 15) is 14.8 Å². The van der Waals surface area contributed by atoms with Crippen LogP contribution in [0.2, 0.25) is 0 Å². The maximum absolute atomic E-state index is 11.7. The van der Waals surface area contributed by atoms with Crippen LogP contribution >= 0.6 is 0 Å². The van der Waals surface area contributed by atoms with Crippen LogP contribution in [0, 0.1) is 0 Å². The minimum atomic E-state index is -1.04. The molecule has 0 aliphatic carbocycles. The molecule has 0 saturated heterocycles. The van der Waals surface area contributed by atoms with E-state index in [0.29, 0.717) is 0 Å². The average Bonchev–Trinajstić information content (AvgIpc) is 2.78. The SMILES string of the molecule is CC(=O)N[C@H](C)C(OCc1ccccc1)[C@H](OCc1ccccc1)C(COC(C)=O)OO. The fourth-order valence-electron chi connectivity index (χ4n) is 3.26. The summed E-state index contributed by atoms with van der Waals surface area (Å²) in [4.78, 5) is 27.7. The van der Waals surface area contributed by atoms with Crippen molar-refractivity contribution in [3.05, 3.63) is 71.8 Å². The summed E-state index contributed by atoms with van der Waals surface area (Å²) in [5.74, 6) is -0.764. The molecule has 4 atom stereocenters. The molecule has 0 bridgehead atoms. The van der Waals surface area contributed by atoms with Crippen LogP contribution in [0.25, 0.3) is 0 Å². The van der Waals surface area contributed by atoms with Crippen LogP contribution in [-0.4, -0.2) is 48.1 Å². The average molecular weight is 446 g/mol. The van der Waals surface area contributed by atoms with Gasteiger partial charge in [-0.05, 0) is 18.1 Å². The maximum atomic E-state index is 11.7. The van der Waals surface area contributed by atoms with Crippen LogP contribution in [0.1, 0.15) is 31.9 Å². The van der Waals surface area contributed by atoms with Gasteiger partial charge in [-0.3, -0.25) is 14.8 Å². The van der Waals surface area contributed by atoms with E-state index in [4.69, 9.17) is 14.2 Å². The molecular weight excluding hydrogens is 414 g/mol. The second kappa shape index (κ2) is 13.6. The highest BCUT2D eigenvalue weighted by atomic mass is 17.1. The van der Waals surface area contributed by atoms with Gasteiger partial charge in [0.2, 0.25) is 5.91 Å². The Morgan fingerprint density at radius 3 is 1.81 bits per heavy atom. The Kier molecular flexibility index (Phi) is 10.8. The minimum absolute atomic E-state index is 0.198. The molecule has 0 aliphatic heterocycles. The predicted octanol–water partition coefficient (Wildman–Crippen LogP) is 3.10. The molecule has 0 spiro atoms. The molecule has 1 amide bonds. The fraction of sp³-hybridized carbons (Fsp3) is 0.417. The summed E-state index contributed by atoms with van der Waals surface area (Å²) in [5, 5.41) is 12.4. The largest absolute Gasteiger partial charge is 0.463 e. The standard InChI is InChI=1S/C24H31NO7/c1-17(25-18(2)26)23(30-14-20-10-6-4-7-11-20)24(22(32-28)16-29-19(3)27)31-15-21-12-8-5-9-13-21/h4-13,17,22-24,28H,14-16H2,1-3H3,(H,25,26)/t17-,22?,23?,24-/m1/s1. The molecule has 0 aromatic heterocycles. The van der Waals surface area contributed by atoms with Gasteiger partial charge in [0.05, 0.1) is 19.3 Å². The second-order valence-corrected chi connectivity index (χ2v) is 7.46. The summed E-state index contributed by atoms with van der Waals surface area (Å²) < 4.78 is 17.3. The fourth-order valence-corrected chi connectivity index (χ4v) is 3.26. The lowest BCUT2D eigenvalue weighted by Crippen LogP contribution is -2.54. The number of carbonyl (C=O) groups is 2. The number of esters is 1. The first kappa shape index (κ1) is 25.5. The quantitative estimate of drug-likeness (QED) is 0.277. The Morgan fingerprint density at radius 1 is 0.875 bits per heavy atom. The molecule has 8 nitrogen and oxygen atoms in total.